The van der Waals surface area contributed by atoms with Gasteiger partial charge in [0.15, 0.2) is 0 Å². The molecule has 30 heavy (non-hydrogen) atoms. The van der Waals surface area contributed by atoms with Gasteiger partial charge in [-0.1, -0.05) is 78.9 Å². The minimum absolute atomic E-state index is 0.0626. The van der Waals surface area contributed by atoms with E-state index in [4.69, 9.17) is 4.74 Å². The summed E-state index contributed by atoms with van der Waals surface area (Å²) in [5.74, 6) is 1.26. The summed E-state index contributed by atoms with van der Waals surface area (Å²) in [6.45, 7) is 3.74. The summed E-state index contributed by atoms with van der Waals surface area (Å²) in [6, 6.07) is 29.3. The van der Waals surface area contributed by atoms with E-state index in [1.54, 1.807) is 7.11 Å². The summed E-state index contributed by atoms with van der Waals surface area (Å²) in [4.78, 5) is 15.6. The van der Waals surface area contributed by atoms with Crippen molar-refractivity contribution in [2.24, 2.45) is 5.92 Å². The Morgan fingerprint density at radius 3 is 2.03 bits per heavy atom. The Hall–Kier alpha value is -2.91. The van der Waals surface area contributed by atoms with Gasteiger partial charge in [0.1, 0.15) is 11.5 Å². The van der Waals surface area contributed by atoms with Gasteiger partial charge >= 0.3 is 0 Å². The number of ketones is 1. The Labute approximate surface area is 179 Å². The molecule has 3 nitrogen and oxygen atoms in total. The molecule has 0 N–H and O–H groups in total. The van der Waals surface area contributed by atoms with E-state index < -0.39 is 0 Å². The first-order valence-corrected chi connectivity index (χ1v) is 10.7. The number of para-hydroxylation sites is 1. The summed E-state index contributed by atoms with van der Waals surface area (Å²) < 4.78 is 5.60. The number of nitrogens with zero attached hydrogens (tertiary/aromatic N) is 1. The monoisotopic (exact) mass is 399 g/mol. The summed E-state index contributed by atoms with van der Waals surface area (Å²) >= 11 is 0. The van der Waals surface area contributed by atoms with Crippen molar-refractivity contribution in [1.82, 2.24) is 4.90 Å². The second-order valence-corrected chi connectivity index (χ2v) is 8.03. The van der Waals surface area contributed by atoms with E-state index in [1.165, 1.54) is 16.7 Å². The quantitative estimate of drug-likeness (QED) is 0.550. The van der Waals surface area contributed by atoms with E-state index in [0.29, 0.717) is 12.2 Å². The van der Waals surface area contributed by atoms with Gasteiger partial charge < -0.3 is 4.74 Å². The summed E-state index contributed by atoms with van der Waals surface area (Å²) in [7, 11) is 1.72. The SMILES string of the molecule is COc1ccccc1C(C)N1CCC(=O)C(C(c2ccccc2)c2ccccc2)C1. The fourth-order valence-corrected chi connectivity index (χ4v) is 4.71. The molecule has 1 fully saturated rings. The number of methoxy groups -OCH3 is 1. The lowest BCUT2D eigenvalue weighted by atomic mass is 9.76. The summed E-state index contributed by atoms with van der Waals surface area (Å²) in [5.41, 5.74) is 3.58. The lowest BCUT2D eigenvalue weighted by Crippen LogP contribution is -2.44. The molecule has 2 unspecified atom stereocenters. The van der Waals surface area contributed by atoms with E-state index in [0.717, 1.165) is 18.8 Å². The van der Waals surface area contributed by atoms with Gasteiger partial charge in [-0.15, -0.1) is 0 Å². The van der Waals surface area contributed by atoms with Crippen LogP contribution >= 0.6 is 0 Å². The molecule has 1 aliphatic rings. The highest BCUT2D eigenvalue weighted by molar-refractivity contribution is 5.84. The third kappa shape index (κ3) is 4.17. The molecule has 1 aliphatic heterocycles. The van der Waals surface area contributed by atoms with Crippen molar-refractivity contribution in [3.05, 3.63) is 102 Å². The third-order valence-electron chi connectivity index (χ3n) is 6.35. The number of piperidine rings is 1. The topological polar surface area (TPSA) is 29.5 Å². The molecule has 3 aromatic carbocycles. The molecule has 0 aromatic heterocycles. The number of carbonyl (C=O) groups excluding carboxylic acids is 1. The lowest BCUT2D eigenvalue weighted by Gasteiger charge is -2.39. The average molecular weight is 400 g/mol. The number of ether oxygens (including phenoxy) is 1. The van der Waals surface area contributed by atoms with Crippen LogP contribution in [0, 0.1) is 5.92 Å². The lowest BCUT2D eigenvalue weighted by molar-refractivity contribution is -0.127. The van der Waals surface area contributed by atoms with Crippen LogP contribution in [0.4, 0.5) is 0 Å². The largest absolute Gasteiger partial charge is 0.496 e. The van der Waals surface area contributed by atoms with Crippen molar-refractivity contribution < 1.29 is 9.53 Å². The third-order valence-corrected chi connectivity index (χ3v) is 6.35. The standard InChI is InChI=1S/C27H29NO2/c1-20(23-15-9-10-16-26(23)30-2)28-18-17-25(29)24(19-28)27(21-11-5-3-6-12-21)22-13-7-4-8-14-22/h3-16,20,24,27H,17-19H2,1-2H3. The second kappa shape index (κ2) is 9.27. The van der Waals surface area contributed by atoms with Crippen molar-refractivity contribution in [3.63, 3.8) is 0 Å². The van der Waals surface area contributed by atoms with Crippen molar-refractivity contribution >= 4 is 5.78 Å². The average Bonchev–Trinajstić information content (AvgIpc) is 2.81. The molecule has 0 amide bonds. The van der Waals surface area contributed by atoms with E-state index in [2.05, 4.69) is 72.5 Å². The zero-order chi connectivity index (χ0) is 20.9. The Kier molecular flexibility index (Phi) is 6.29. The maximum atomic E-state index is 13.2. The van der Waals surface area contributed by atoms with Gasteiger partial charge in [0.25, 0.3) is 0 Å². The molecule has 0 saturated carbocycles. The summed E-state index contributed by atoms with van der Waals surface area (Å²) in [5, 5.41) is 0. The Morgan fingerprint density at radius 2 is 1.43 bits per heavy atom. The highest BCUT2D eigenvalue weighted by atomic mass is 16.5. The maximum Gasteiger partial charge on any atom is 0.139 e. The van der Waals surface area contributed by atoms with Gasteiger partial charge in [0.2, 0.25) is 0 Å². The van der Waals surface area contributed by atoms with Crippen LogP contribution in [-0.4, -0.2) is 30.9 Å². The fourth-order valence-electron chi connectivity index (χ4n) is 4.71. The number of hydrogen-bond acceptors (Lipinski definition) is 3. The highest BCUT2D eigenvalue weighted by Gasteiger charge is 2.37. The number of benzene rings is 3. The molecule has 0 spiro atoms. The molecule has 4 rings (SSSR count). The number of rotatable bonds is 6. The molecule has 0 bridgehead atoms. The predicted molar refractivity (Wildman–Crippen MR) is 121 cm³/mol. The minimum atomic E-state index is -0.0688. The Bertz CT molecular complexity index is 931. The van der Waals surface area contributed by atoms with Crippen molar-refractivity contribution in [1.29, 1.82) is 0 Å². The number of Topliss-reactive ketones (excluding diaryl/α,β-unsaturated/α-hetero) is 1. The molecular formula is C27H29NO2. The van der Waals surface area contributed by atoms with Gasteiger partial charge in [-0.3, -0.25) is 9.69 Å². The van der Waals surface area contributed by atoms with Crippen LogP contribution in [0.25, 0.3) is 0 Å². The number of hydrogen-bond donors (Lipinski definition) is 0. The first-order valence-electron chi connectivity index (χ1n) is 10.7. The first-order chi connectivity index (χ1) is 14.7. The van der Waals surface area contributed by atoms with Crippen LogP contribution in [0.15, 0.2) is 84.9 Å². The van der Waals surface area contributed by atoms with Gasteiger partial charge in [0, 0.05) is 43.0 Å². The van der Waals surface area contributed by atoms with E-state index >= 15 is 0 Å². The molecule has 1 heterocycles. The van der Waals surface area contributed by atoms with Crippen LogP contribution in [-0.2, 0) is 4.79 Å². The molecule has 3 heteroatoms. The smallest absolute Gasteiger partial charge is 0.139 e. The Morgan fingerprint density at radius 1 is 0.867 bits per heavy atom. The maximum absolute atomic E-state index is 13.2. The molecular weight excluding hydrogens is 370 g/mol. The number of carbonyl (C=O) groups is 1. The molecule has 0 radical (unpaired) electrons. The van der Waals surface area contributed by atoms with Gasteiger partial charge in [-0.25, -0.2) is 0 Å². The zero-order valence-electron chi connectivity index (χ0n) is 17.7. The van der Waals surface area contributed by atoms with Crippen LogP contribution in [0.3, 0.4) is 0 Å². The number of likely N-dealkylation sites (tertiary alicyclic amines) is 1. The molecule has 154 valence electrons. The van der Waals surface area contributed by atoms with E-state index in [-0.39, 0.29) is 17.9 Å². The zero-order valence-corrected chi connectivity index (χ0v) is 17.7. The minimum Gasteiger partial charge on any atom is -0.496 e. The van der Waals surface area contributed by atoms with Crippen LogP contribution in [0.2, 0.25) is 0 Å². The Balaban J connectivity index is 1.67. The molecule has 2 atom stereocenters. The van der Waals surface area contributed by atoms with Gasteiger partial charge in [-0.05, 0) is 24.1 Å². The second-order valence-electron chi connectivity index (χ2n) is 8.03. The van der Waals surface area contributed by atoms with Crippen LogP contribution in [0.1, 0.15) is 42.0 Å². The van der Waals surface area contributed by atoms with Gasteiger partial charge in [0.05, 0.1) is 7.11 Å². The van der Waals surface area contributed by atoms with Crippen molar-refractivity contribution in [2.45, 2.75) is 25.3 Å². The normalized spacial score (nSPS) is 18.4. The van der Waals surface area contributed by atoms with Gasteiger partial charge in [-0.2, -0.15) is 0 Å². The first kappa shape index (κ1) is 20.4. The predicted octanol–water partition coefficient (Wildman–Crippen LogP) is 5.48. The molecule has 3 aromatic rings. The summed E-state index contributed by atoms with van der Waals surface area (Å²) in [6.07, 6.45) is 0.584. The van der Waals surface area contributed by atoms with Crippen molar-refractivity contribution in [3.8, 4) is 5.75 Å². The van der Waals surface area contributed by atoms with Crippen LogP contribution < -0.4 is 4.74 Å². The van der Waals surface area contributed by atoms with E-state index in [9.17, 15) is 4.79 Å². The fraction of sp³-hybridized carbons (Fsp3) is 0.296. The van der Waals surface area contributed by atoms with Crippen molar-refractivity contribution in [2.75, 3.05) is 20.2 Å². The molecule has 0 aliphatic carbocycles. The van der Waals surface area contributed by atoms with E-state index in [1.807, 2.05) is 24.3 Å². The molecule has 1 saturated heterocycles. The van der Waals surface area contributed by atoms with Crippen LogP contribution in [0.5, 0.6) is 5.75 Å². The highest BCUT2D eigenvalue weighted by Crippen LogP contribution is 2.38.